The molecule has 1 aromatic rings. The maximum absolute atomic E-state index is 6.13. The van der Waals surface area contributed by atoms with E-state index in [1.54, 1.807) is 13.1 Å². The highest BCUT2D eigenvalue weighted by Gasteiger charge is 2.24. The van der Waals surface area contributed by atoms with Crippen LogP contribution in [0.4, 0.5) is 5.82 Å². The van der Waals surface area contributed by atoms with E-state index in [2.05, 4.69) is 17.2 Å². The topological polar surface area (TPSA) is 34.2 Å². The van der Waals surface area contributed by atoms with E-state index >= 15 is 0 Å². The molecule has 1 N–H and O–H groups in total. The van der Waals surface area contributed by atoms with Crippen molar-refractivity contribution in [1.82, 2.24) is 4.98 Å². The average Bonchev–Trinajstić information content (AvgIpc) is 2.35. The van der Waals surface area contributed by atoms with Gasteiger partial charge in [0.05, 0.1) is 5.02 Å². The van der Waals surface area contributed by atoms with Gasteiger partial charge in [-0.1, -0.05) is 36.5 Å². The maximum atomic E-state index is 6.13. The van der Waals surface area contributed by atoms with E-state index in [-0.39, 0.29) is 6.10 Å². The standard InChI is InChI=1S/C13H18Cl2N2O/c1-8-5-3-4-6-11(8)18-13-10(15)7-9(14)12(16-2)17-13/h7-8,11H,3-6H2,1-2H3,(H,16,17). The summed E-state index contributed by atoms with van der Waals surface area (Å²) in [7, 11) is 1.77. The van der Waals surface area contributed by atoms with Crippen LogP contribution in [0.5, 0.6) is 5.88 Å². The Bertz CT molecular complexity index is 426. The fraction of sp³-hybridized carbons (Fsp3) is 0.615. The van der Waals surface area contributed by atoms with Gasteiger partial charge in [-0.05, 0) is 31.2 Å². The molecule has 1 saturated carbocycles. The molecule has 0 aromatic carbocycles. The van der Waals surface area contributed by atoms with Crippen molar-refractivity contribution < 1.29 is 4.74 Å². The first-order chi connectivity index (χ1) is 8.61. The van der Waals surface area contributed by atoms with Crippen molar-refractivity contribution in [1.29, 1.82) is 0 Å². The third kappa shape index (κ3) is 3.01. The highest BCUT2D eigenvalue weighted by Crippen LogP contribution is 2.34. The molecule has 1 aliphatic carbocycles. The minimum absolute atomic E-state index is 0.203. The molecule has 2 unspecified atom stereocenters. The molecule has 1 heterocycles. The average molecular weight is 289 g/mol. The second-order valence-electron chi connectivity index (χ2n) is 4.77. The summed E-state index contributed by atoms with van der Waals surface area (Å²) in [6, 6.07) is 1.67. The predicted octanol–water partition coefficient (Wildman–Crippen LogP) is 4.39. The first-order valence-corrected chi connectivity index (χ1v) is 7.08. The molecule has 3 nitrogen and oxygen atoms in total. The van der Waals surface area contributed by atoms with E-state index in [1.165, 1.54) is 19.3 Å². The molecule has 2 atom stereocenters. The summed E-state index contributed by atoms with van der Waals surface area (Å²) in [5, 5.41) is 3.90. The number of halogens is 2. The van der Waals surface area contributed by atoms with E-state index in [1.807, 2.05) is 0 Å². The van der Waals surface area contributed by atoms with Crippen LogP contribution in [0.25, 0.3) is 0 Å². The molecular weight excluding hydrogens is 271 g/mol. The smallest absolute Gasteiger partial charge is 0.234 e. The van der Waals surface area contributed by atoms with Crippen molar-refractivity contribution in [2.24, 2.45) is 5.92 Å². The van der Waals surface area contributed by atoms with Gasteiger partial charge >= 0.3 is 0 Å². The van der Waals surface area contributed by atoms with Crippen LogP contribution in [-0.4, -0.2) is 18.1 Å². The Morgan fingerprint density at radius 1 is 1.28 bits per heavy atom. The number of ether oxygens (including phenoxy) is 1. The third-order valence-corrected chi connectivity index (χ3v) is 3.99. The molecule has 0 bridgehead atoms. The molecule has 100 valence electrons. The zero-order valence-electron chi connectivity index (χ0n) is 10.7. The second kappa shape index (κ2) is 5.98. The largest absolute Gasteiger partial charge is 0.473 e. The van der Waals surface area contributed by atoms with Gasteiger partial charge in [0.15, 0.2) is 0 Å². The molecule has 5 heteroatoms. The molecule has 2 rings (SSSR count). The Labute approximate surface area is 118 Å². The zero-order chi connectivity index (χ0) is 13.1. The summed E-state index contributed by atoms with van der Waals surface area (Å²) >= 11 is 12.1. The highest BCUT2D eigenvalue weighted by molar-refractivity contribution is 6.36. The van der Waals surface area contributed by atoms with Gasteiger partial charge in [0.2, 0.25) is 5.88 Å². The monoisotopic (exact) mass is 288 g/mol. The number of pyridine rings is 1. The fourth-order valence-corrected chi connectivity index (χ4v) is 2.81. The van der Waals surface area contributed by atoms with Gasteiger partial charge in [-0.25, -0.2) is 0 Å². The molecule has 1 aromatic heterocycles. The summed E-state index contributed by atoms with van der Waals surface area (Å²) in [5.41, 5.74) is 0. The number of hydrogen-bond donors (Lipinski definition) is 1. The third-order valence-electron chi connectivity index (χ3n) is 3.43. The van der Waals surface area contributed by atoms with E-state index in [9.17, 15) is 0 Å². The number of anilines is 1. The molecule has 0 aliphatic heterocycles. The van der Waals surface area contributed by atoms with Crippen molar-refractivity contribution in [3.05, 3.63) is 16.1 Å². The Morgan fingerprint density at radius 2 is 2.00 bits per heavy atom. The highest BCUT2D eigenvalue weighted by atomic mass is 35.5. The van der Waals surface area contributed by atoms with Crippen LogP contribution >= 0.6 is 23.2 Å². The minimum Gasteiger partial charge on any atom is -0.473 e. The summed E-state index contributed by atoms with van der Waals surface area (Å²) in [5.74, 6) is 1.62. The zero-order valence-corrected chi connectivity index (χ0v) is 12.2. The quantitative estimate of drug-likeness (QED) is 0.896. The first-order valence-electron chi connectivity index (χ1n) is 6.32. The molecule has 18 heavy (non-hydrogen) atoms. The van der Waals surface area contributed by atoms with E-state index in [0.717, 1.165) is 6.42 Å². The van der Waals surface area contributed by atoms with Crippen LogP contribution < -0.4 is 10.1 Å². The molecule has 1 aliphatic rings. The molecule has 0 spiro atoms. The minimum atomic E-state index is 0.203. The number of hydrogen-bond acceptors (Lipinski definition) is 3. The normalized spacial score (nSPS) is 23.8. The van der Waals surface area contributed by atoms with Gasteiger partial charge in [-0.15, -0.1) is 0 Å². The number of nitrogens with zero attached hydrogens (tertiary/aromatic N) is 1. The Morgan fingerprint density at radius 3 is 2.67 bits per heavy atom. The lowest BCUT2D eigenvalue weighted by Gasteiger charge is -2.29. The van der Waals surface area contributed by atoms with Crippen LogP contribution in [0, 0.1) is 5.92 Å². The maximum Gasteiger partial charge on any atom is 0.234 e. The van der Waals surface area contributed by atoms with Crippen molar-refractivity contribution in [3.8, 4) is 5.88 Å². The first kappa shape index (κ1) is 13.8. The van der Waals surface area contributed by atoms with Crippen LogP contribution in [0.15, 0.2) is 6.07 Å². The Hall–Kier alpha value is -0.670. The van der Waals surface area contributed by atoms with Crippen molar-refractivity contribution >= 4 is 29.0 Å². The molecule has 0 amide bonds. The lowest BCUT2D eigenvalue weighted by Crippen LogP contribution is -2.28. The molecular formula is C13H18Cl2N2O. The van der Waals surface area contributed by atoms with Crippen LogP contribution in [-0.2, 0) is 0 Å². The van der Waals surface area contributed by atoms with Gasteiger partial charge < -0.3 is 10.1 Å². The Kier molecular flexibility index (Phi) is 4.57. The summed E-state index contributed by atoms with van der Waals surface area (Å²) < 4.78 is 5.95. The Balaban J connectivity index is 2.17. The van der Waals surface area contributed by atoms with Gasteiger partial charge in [0.1, 0.15) is 16.9 Å². The van der Waals surface area contributed by atoms with Crippen molar-refractivity contribution in [2.45, 2.75) is 38.7 Å². The summed E-state index contributed by atoms with van der Waals surface area (Å²) in [4.78, 5) is 4.32. The number of rotatable bonds is 3. The fourth-order valence-electron chi connectivity index (χ4n) is 2.31. The van der Waals surface area contributed by atoms with Crippen LogP contribution in [0.2, 0.25) is 10.0 Å². The lowest BCUT2D eigenvalue weighted by molar-refractivity contribution is 0.0979. The molecule has 1 fully saturated rings. The van der Waals surface area contributed by atoms with Crippen LogP contribution in [0.1, 0.15) is 32.6 Å². The van der Waals surface area contributed by atoms with E-state index in [0.29, 0.717) is 27.7 Å². The van der Waals surface area contributed by atoms with Crippen molar-refractivity contribution in [3.63, 3.8) is 0 Å². The number of aromatic nitrogens is 1. The van der Waals surface area contributed by atoms with Crippen LogP contribution in [0.3, 0.4) is 0 Å². The predicted molar refractivity (Wildman–Crippen MR) is 75.9 cm³/mol. The SMILES string of the molecule is CNc1nc(OC2CCCCC2C)c(Cl)cc1Cl. The second-order valence-corrected chi connectivity index (χ2v) is 5.59. The summed E-state index contributed by atoms with van der Waals surface area (Å²) in [6.07, 6.45) is 4.96. The van der Waals surface area contributed by atoms with Gasteiger partial charge in [-0.2, -0.15) is 4.98 Å². The molecule has 0 radical (unpaired) electrons. The number of nitrogens with one attached hydrogen (secondary N) is 1. The lowest BCUT2D eigenvalue weighted by atomic mass is 9.88. The van der Waals surface area contributed by atoms with E-state index in [4.69, 9.17) is 27.9 Å². The van der Waals surface area contributed by atoms with Gasteiger partial charge in [-0.3, -0.25) is 0 Å². The van der Waals surface area contributed by atoms with E-state index < -0.39 is 0 Å². The summed E-state index contributed by atoms with van der Waals surface area (Å²) in [6.45, 7) is 2.21. The van der Waals surface area contributed by atoms with Crippen molar-refractivity contribution in [2.75, 3.05) is 12.4 Å². The van der Waals surface area contributed by atoms with Gasteiger partial charge in [0.25, 0.3) is 0 Å². The molecule has 0 saturated heterocycles. The van der Waals surface area contributed by atoms with Gasteiger partial charge in [0, 0.05) is 7.05 Å².